The van der Waals surface area contributed by atoms with Crippen molar-refractivity contribution >= 4 is 34.9 Å². The Kier molecular flexibility index (Phi) is 11.5. The third-order valence-corrected chi connectivity index (χ3v) is 7.23. The van der Waals surface area contributed by atoms with Gasteiger partial charge in [0.1, 0.15) is 11.9 Å². The molecule has 1 aromatic heterocycles. The van der Waals surface area contributed by atoms with Crippen LogP contribution in [-0.4, -0.2) is 94.7 Å². The van der Waals surface area contributed by atoms with Gasteiger partial charge in [-0.25, -0.2) is 4.98 Å². The molecule has 2 heterocycles. The van der Waals surface area contributed by atoms with Gasteiger partial charge < -0.3 is 24.8 Å². The Morgan fingerprint density at radius 2 is 1.84 bits per heavy atom. The van der Waals surface area contributed by atoms with Gasteiger partial charge in [-0.15, -0.1) is 0 Å². The van der Waals surface area contributed by atoms with Crippen molar-refractivity contribution in [1.29, 1.82) is 0 Å². The number of para-hydroxylation sites is 1. The molecule has 1 atom stereocenters. The van der Waals surface area contributed by atoms with Crippen molar-refractivity contribution in [3.8, 4) is 0 Å². The SMILES string of the molecule is C=C(CN(C)C)C(=O)NCCOCCN(C)c1c(C)cccc1N(C)C(=O)C1CCC(=O)N1c1cc(C(F)(F)F)cc(C)n1. The molecular weight excluding hydrogens is 577 g/mol. The minimum Gasteiger partial charge on any atom is -0.378 e. The molecule has 1 N–H and O–H groups in total. The van der Waals surface area contributed by atoms with Crippen LogP contribution in [0.1, 0.15) is 29.7 Å². The van der Waals surface area contributed by atoms with Crippen molar-refractivity contribution in [3.63, 3.8) is 0 Å². The molecule has 1 unspecified atom stereocenters. The first-order valence-electron chi connectivity index (χ1n) is 14.3. The van der Waals surface area contributed by atoms with E-state index in [-0.39, 0.29) is 30.3 Å². The van der Waals surface area contributed by atoms with Gasteiger partial charge in [-0.05, 0) is 58.1 Å². The summed E-state index contributed by atoms with van der Waals surface area (Å²) in [5.74, 6) is -1.31. The summed E-state index contributed by atoms with van der Waals surface area (Å²) in [5.41, 5.74) is 1.87. The van der Waals surface area contributed by atoms with Crippen molar-refractivity contribution in [2.75, 3.05) is 75.7 Å². The van der Waals surface area contributed by atoms with Gasteiger partial charge in [0.15, 0.2) is 0 Å². The van der Waals surface area contributed by atoms with Gasteiger partial charge in [0.25, 0.3) is 0 Å². The number of alkyl halides is 3. The Morgan fingerprint density at radius 3 is 2.50 bits per heavy atom. The predicted octanol–water partition coefficient (Wildman–Crippen LogP) is 3.56. The maximum atomic E-state index is 13.8. The third-order valence-electron chi connectivity index (χ3n) is 7.23. The number of aryl methyl sites for hydroxylation is 2. The van der Waals surface area contributed by atoms with E-state index in [0.717, 1.165) is 28.3 Å². The van der Waals surface area contributed by atoms with Crippen LogP contribution in [0.5, 0.6) is 0 Å². The Morgan fingerprint density at radius 1 is 1.14 bits per heavy atom. The molecule has 44 heavy (non-hydrogen) atoms. The molecule has 1 saturated heterocycles. The smallest absolute Gasteiger partial charge is 0.378 e. The van der Waals surface area contributed by atoms with E-state index in [1.807, 2.05) is 50.0 Å². The number of likely N-dealkylation sites (N-methyl/N-ethyl adjacent to an activating group) is 3. The van der Waals surface area contributed by atoms with Gasteiger partial charge in [0.05, 0.1) is 30.2 Å². The van der Waals surface area contributed by atoms with Crippen LogP contribution in [0.4, 0.5) is 30.4 Å². The molecule has 3 rings (SSSR count). The number of halogens is 3. The highest BCUT2D eigenvalue weighted by Gasteiger charge is 2.41. The molecule has 240 valence electrons. The van der Waals surface area contributed by atoms with E-state index in [4.69, 9.17) is 4.74 Å². The van der Waals surface area contributed by atoms with Gasteiger partial charge in [-0.2, -0.15) is 13.2 Å². The summed E-state index contributed by atoms with van der Waals surface area (Å²) in [6.45, 7) is 9.03. The summed E-state index contributed by atoms with van der Waals surface area (Å²) in [5, 5.41) is 2.78. The van der Waals surface area contributed by atoms with E-state index < -0.39 is 29.6 Å². The fraction of sp³-hybridized carbons (Fsp3) is 0.484. The number of pyridine rings is 1. The quantitative estimate of drug-likeness (QED) is 0.271. The maximum absolute atomic E-state index is 13.8. The van der Waals surface area contributed by atoms with Gasteiger partial charge in [-0.1, -0.05) is 18.7 Å². The Balaban J connectivity index is 1.69. The molecule has 0 spiro atoms. The normalized spacial score (nSPS) is 15.1. The van der Waals surface area contributed by atoms with E-state index >= 15 is 0 Å². The van der Waals surface area contributed by atoms with E-state index in [1.54, 1.807) is 13.1 Å². The molecular formula is C31H41F3N6O4. The summed E-state index contributed by atoms with van der Waals surface area (Å²) >= 11 is 0. The summed E-state index contributed by atoms with van der Waals surface area (Å²) in [7, 11) is 7.16. The summed E-state index contributed by atoms with van der Waals surface area (Å²) in [4.78, 5) is 49.2. The number of hydrogen-bond donors (Lipinski definition) is 1. The first-order valence-corrected chi connectivity index (χ1v) is 14.3. The lowest BCUT2D eigenvalue weighted by Crippen LogP contribution is -2.46. The van der Waals surface area contributed by atoms with Crippen LogP contribution in [0.15, 0.2) is 42.5 Å². The monoisotopic (exact) mass is 618 g/mol. The molecule has 0 radical (unpaired) electrons. The summed E-state index contributed by atoms with van der Waals surface area (Å²) in [6.07, 6.45) is -4.45. The van der Waals surface area contributed by atoms with Gasteiger partial charge >= 0.3 is 6.18 Å². The molecule has 1 aliphatic rings. The average molecular weight is 619 g/mol. The third kappa shape index (κ3) is 8.56. The van der Waals surface area contributed by atoms with Crippen molar-refractivity contribution in [1.82, 2.24) is 15.2 Å². The lowest BCUT2D eigenvalue weighted by atomic mass is 10.1. The Bertz CT molecular complexity index is 1380. The Hall–Kier alpha value is -3.97. The number of carbonyl (C=O) groups excluding carboxylic acids is 3. The van der Waals surface area contributed by atoms with Crippen LogP contribution >= 0.6 is 0 Å². The molecule has 1 fully saturated rings. The van der Waals surface area contributed by atoms with Crippen molar-refractivity contribution in [2.45, 2.75) is 38.9 Å². The Labute approximate surface area is 256 Å². The number of amides is 3. The zero-order valence-electron chi connectivity index (χ0n) is 26.1. The number of nitrogens with zero attached hydrogens (tertiary/aromatic N) is 5. The second kappa shape index (κ2) is 14.7. The van der Waals surface area contributed by atoms with Crippen LogP contribution < -0.4 is 20.0 Å². The maximum Gasteiger partial charge on any atom is 0.416 e. The zero-order valence-corrected chi connectivity index (χ0v) is 26.1. The number of nitrogens with one attached hydrogen (secondary N) is 1. The molecule has 3 amide bonds. The number of benzene rings is 1. The summed E-state index contributed by atoms with van der Waals surface area (Å²) in [6, 6.07) is 6.21. The first-order chi connectivity index (χ1) is 20.6. The fourth-order valence-corrected chi connectivity index (χ4v) is 5.13. The number of rotatable bonds is 13. The number of hydrogen-bond acceptors (Lipinski definition) is 7. The van der Waals surface area contributed by atoms with E-state index in [2.05, 4.69) is 16.9 Å². The van der Waals surface area contributed by atoms with Crippen LogP contribution in [-0.2, 0) is 25.3 Å². The van der Waals surface area contributed by atoms with Crippen LogP contribution in [0.2, 0.25) is 0 Å². The highest BCUT2D eigenvalue weighted by molar-refractivity contribution is 6.09. The van der Waals surface area contributed by atoms with Crippen LogP contribution in [0.3, 0.4) is 0 Å². The highest BCUT2D eigenvalue weighted by atomic mass is 19.4. The van der Waals surface area contributed by atoms with Gasteiger partial charge in [0, 0.05) is 51.4 Å². The predicted molar refractivity (Wildman–Crippen MR) is 164 cm³/mol. The first kappa shape index (κ1) is 34.5. The lowest BCUT2D eigenvalue weighted by molar-refractivity contribution is -0.137. The molecule has 1 aromatic carbocycles. The molecule has 0 aliphatic carbocycles. The van der Waals surface area contributed by atoms with Crippen LogP contribution in [0.25, 0.3) is 0 Å². The van der Waals surface area contributed by atoms with Crippen molar-refractivity contribution in [3.05, 3.63) is 59.3 Å². The lowest BCUT2D eigenvalue weighted by Gasteiger charge is -2.32. The number of anilines is 3. The second-order valence-corrected chi connectivity index (χ2v) is 11.1. The van der Waals surface area contributed by atoms with Gasteiger partial charge in [0.2, 0.25) is 17.7 Å². The molecule has 10 nitrogen and oxygen atoms in total. The minimum atomic E-state index is -4.62. The highest BCUT2D eigenvalue weighted by Crippen LogP contribution is 2.36. The largest absolute Gasteiger partial charge is 0.416 e. The fourth-order valence-electron chi connectivity index (χ4n) is 5.13. The molecule has 2 aromatic rings. The molecule has 0 saturated carbocycles. The molecule has 0 bridgehead atoms. The average Bonchev–Trinajstić information content (AvgIpc) is 3.33. The molecule has 13 heteroatoms. The standard InChI is InChI=1S/C31H41F3N6O4/c1-20-9-8-10-24(28(20)38(6)14-16-44-15-13-35-29(42)21(2)19-37(4)5)39(7)30(43)25-11-12-27(41)40(25)26-18-23(31(32,33)34)17-22(3)36-26/h8-10,17-18,25H,2,11-16,19H2,1,3-7H3,(H,35,42). The van der Waals surface area contributed by atoms with Crippen molar-refractivity contribution < 1.29 is 32.3 Å². The summed E-state index contributed by atoms with van der Waals surface area (Å²) < 4.78 is 46.2. The van der Waals surface area contributed by atoms with Gasteiger partial charge in [-0.3, -0.25) is 19.3 Å². The van der Waals surface area contributed by atoms with Crippen molar-refractivity contribution in [2.24, 2.45) is 0 Å². The van der Waals surface area contributed by atoms with E-state index in [1.165, 1.54) is 11.8 Å². The minimum absolute atomic E-state index is 0.0172. The number of aromatic nitrogens is 1. The van der Waals surface area contributed by atoms with E-state index in [9.17, 15) is 27.6 Å². The zero-order chi connectivity index (χ0) is 32.8. The van der Waals surface area contributed by atoms with Crippen LogP contribution in [0, 0.1) is 13.8 Å². The molecule has 1 aliphatic heterocycles. The number of ether oxygens (including phenoxy) is 1. The number of carbonyl (C=O) groups is 3. The van der Waals surface area contributed by atoms with E-state index in [0.29, 0.717) is 44.1 Å². The topological polar surface area (TPSA) is 98.3 Å². The second-order valence-electron chi connectivity index (χ2n) is 11.1.